The number of carbonyl (C=O) groups excluding carboxylic acids is 2. The normalized spacial score (nSPS) is 10.5. The highest BCUT2D eigenvalue weighted by Gasteiger charge is 2.12. The maximum atomic E-state index is 12.1. The Labute approximate surface area is 126 Å². The van der Waals surface area contributed by atoms with Gasteiger partial charge in [0, 0.05) is 12.2 Å². The number of likely N-dealkylation sites (N-methyl/N-ethyl adjacent to an activating group) is 1. The summed E-state index contributed by atoms with van der Waals surface area (Å²) in [6.45, 7) is 7.44. The lowest BCUT2D eigenvalue weighted by atomic mass is 10.1. The molecule has 21 heavy (non-hydrogen) atoms. The minimum Gasteiger partial charge on any atom is -0.469 e. The second-order valence-corrected chi connectivity index (χ2v) is 5.06. The van der Waals surface area contributed by atoms with Crippen LogP contribution in [0.2, 0.25) is 0 Å². The Morgan fingerprint density at radius 2 is 2.00 bits per heavy atom. The van der Waals surface area contributed by atoms with Crippen LogP contribution in [0.25, 0.3) is 0 Å². The number of esters is 1. The Balaban J connectivity index is 2.52. The summed E-state index contributed by atoms with van der Waals surface area (Å²) in [5, 5.41) is 2.91. The van der Waals surface area contributed by atoms with Crippen LogP contribution in [0.15, 0.2) is 18.2 Å². The van der Waals surface area contributed by atoms with Crippen molar-refractivity contribution in [3.8, 4) is 0 Å². The van der Waals surface area contributed by atoms with E-state index in [-0.39, 0.29) is 18.4 Å². The average Bonchev–Trinajstić information content (AvgIpc) is 2.46. The van der Waals surface area contributed by atoms with Crippen LogP contribution in [-0.2, 0) is 14.3 Å². The van der Waals surface area contributed by atoms with E-state index in [0.29, 0.717) is 19.5 Å². The van der Waals surface area contributed by atoms with Crippen molar-refractivity contribution in [1.29, 1.82) is 0 Å². The molecule has 1 aromatic rings. The molecule has 5 heteroatoms. The second-order valence-electron chi connectivity index (χ2n) is 5.06. The number of anilines is 1. The smallest absolute Gasteiger partial charge is 0.306 e. The van der Waals surface area contributed by atoms with Gasteiger partial charge in [-0.15, -0.1) is 0 Å². The Kier molecular flexibility index (Phi) is 6.88. The Morgan fingerprint density at radius 1 is 1.29 bits per heavy atom. The van der Waals surface area contributed by atoms with Crippen molar-refractivity contribution in [1.82, 2.24) is 4.90 Å². The fourth-order valence-corrected chi connectivity index (χ4v) is 2.05. The molecule has 0 aliphatic heterocycles. The van der Waals surface area contributed by atoms with Crippen LogP contribution in [0.1, 0.15) is 24.5 Å². The number of nitrogens with one attached hydrogen (secondary N) is 1. The quantitative estimate of drug-likeness (QED) is 0.782. The van der Waals surface area contributed by atoms with Crippen LogP contribution in [0.4, 0.5) is 5.69 Å². The number of aryl methyl sites for hydroxylation is 2. The SMILES string of the molecule is CCN(CCC(=O)OC)CC(=O)Nc1ccc(C)cc1C. The summed E-state index contributed by atoms with van der Waals surface area (Å²) in [7, 11) is 1.37. The van der Waals surface area contributed by atoms with E-state index in [4.69, 9.17) is 0 Å². The third kappa shape index (κ3) is 5.95. The molecule has 0 heterocycles. The molecule has 1 aromatic carbocycles. The van der Waals surface area contributed by atoms with Gasteiger partial charge in [0.15, 0.2) is 0 Å². The molecule has 0 saturated heterocycles. The van der Waals surface area contributed by atoms with Gasteiger partial charge >= 0.3 is 5.97 Å². The molecule has 0 bridgehead atoms. The van der Waals surface area contributed by atoms with Crippen molar-refractivity contribution in [2.45, 2.75) is 27.2 Å². The number of rotatable bonds is 7. The van der Waals surface area contributed by atoms with Crippen molar-refractivity contribution >= 4 is 17.6 Å². The topological polar surface area (TPSA) is 58.6 Å². The van der Waals surface area contributed by atoms with Gasteiger partial charge in [-0.1, -0.05) is 24.6 Å². The number of benzene rings is 1. The van der Waals surface area contributed by atoms with Crippen LogP contribution in [-0.4, -0.2) is 43.5 Å². The van der Waals surface area contributed by atoms with E-state index in [1.165, 1.54) is 12.7 Å². The van der Waals surface area contributed by atoms with E-state index < -0.39 is 0 Å². The van der Waals surface area contributed by atoms with E-state index in [9.17, 15) is 9.59 Å². The van der Waals surface area contributed by atoms with Crippen molar-refractivity contribution in [3.05, 3.63) is 29.3 Å². The molecule has 5 nitrogen and oxygen atoms in total. The third-order valence-corrected chi connectivity index (χ3v) is 3.33. The highest BCUT2D eigenvalue weighted by molar-refractivity contribution is 5.93. The first kappa shape index (κ1) is 17.2. The van der Waals surface area contributed by atoms with Gasteiger partial charge in [-0.05, 0) is 32.0 Å². The summed E-state index contributed by atoms with van der Waals surface area (Å²) in [5.41, 5.74) is 3.04. The van der Waals surface area contributed by atoms with Gasteiger partial charge in [0.1, 0.15) is 0 Å². The lowest BCUT2D eigenvalue weighted by Gasteiger charge is -2.19. The summed E-state index contributed by atoms with van der Waals surface area (Å²) < 4.78 is 4.61. The average molecular weight is 292 g/mol. The zero-order chi connectivity index (χ0) is 15.8. The first-order valence-corrected chi connectivity index (χ1v) is 7.12. The maximum Gasteiger partial charge on any atom is 0.306 e. The molecule has 1 N–H and O–H groups in total. The first-order chi connectivity index (χ1) is 9.96. The van der Waals surface area contributed by atoms with E-state index in [0.717, 1.165) is 11.3 Å². The van der Waals surface area contributed by atoms with Crippen LogP contribution in [0.3, 0.4) is 0 Å². The summed E-state index contributed by atoms with van der Waals surface area (Å²) in [4.78, 5) is 25.1. The lowest BCUT2D eigenvalue weighted by Crippen LogP contribution is -2.34. The molecule has 0 aliphatic carbocycles. The second kappa shape index (κ2) is 8.42. The summed E-state index contributed by atoms with van der Waals surface area (Å²) in [6, 6.07) is 5.91. The van der Waals surface area contributed by atoms with Crippen molar-refractivity contribution in [2.24, 2.45) is 0 Å². The third-order valence-electron chi connectivity index (χ3n) is 3.33. The number of carbonyl (C=O) groups is 2. The highest BCUT2D eigenvalue weighted by Crippen LogP contribution is 2.15. The number of nitrogens with zero attached hydrogens (tertiary/aromatic N) is 1. The monoisotopic (exact) mass is 292 g/mol. The minimum atomic E-state index is -0.261. The molecule has 0 unspecified atom stereocenters. The molecule has 0 spiro atoms. The number of hydrogen-bond donors (Lipinski definition) is 1. The van der Waals surface area contributed by atoms with Gasteiger partial charge in [-0.2, -0.15) is 0 Å². The standard InChI is InChI=1S/C16H24N2O3/c1-5-18(9-8-16(20)21-4)11-15(19)17-14-7-6-12(2)10-13(14)3/h6-7,10H,5,8-9,11H2,1-4H3,(H,17,19). The predicted octanol–water partition coefficient (Wildman–Crippen LogP) is 2.13. The number of hydrogen-bond acceptors (Lipinski definition) is 4. The molecular weight excluding hydrogens is 268 g/mol. The van der Waals surface area contributed by atoms with Crippen LogP contribution in [0.5, 0.6) is 0 Å². The van der Waals surface area contributed by atoms with Gasteiger partial charge in [-0.25, -0.2) is 0 Å². The number of amides is 1. The lowest BCUT2D eigenvalue weighted by molar-refractivity contribution is -0.141. The van der Waals surface area contributed by atoms with Crippen molar-refractivity contribution in [2.75, 3.05) is 32.1 Å². The van der Waals surface area contributed by atoms with Crippen molar-refractivity contribution < 1.29 is 14.3 Å². The zero-order valence-electron chi connectivity index (χ0n) is 13.2. The summed E-state index contributed by atoms with van der Waals surface area (Å²) in [5.74, 6) is -0.336. The molecule has 1 amide bonds. The van der Waals surface area contributed by atoms with E-state index in [1.54, 1.807) is 0 Å². The van der Waals surface area contributed by atoms with Crippen LogP contribution >= 0.6 is 0 Å². The largest absolute Gasteiger partial charge is 0.469 e. The van der Waals surface area contributed by atoms with E-state index in [1.807, 2.05) is 43.9 Å². The van der Waals surface area contributed by atoms with Gasteiger partial charge in [0.25, 0.3) is 0 Å². The summed E-state index contributed by atoms with van der Waals surface area (Å²) >= 11 is 0. The number of methoxy groups -OCH3 is 1. The van der Waals surface area contributed by atoms with Crippen LogP contribution < -0.4 is 5.32 Å². The molecule has 116 valence electrons. The van der Waals surface area contributed by atoms with E-state index >= 15 is 0 Å². The van der Waals surface area contributed by atoms with Gasteiger partial charge < -0.3 is 10.1 Å². The van der Waals surface area contributed by atoms with Gasteiger partial charge in [0.05, 0.1) is 20.1 Å². The Bertz CT molecular complexity index is 500. The molecule has 0 radical (unpaired) electrons. The fourth-order valence-electron chi connectivity index (χ4n) is 2.05. The van der Waals surface area contributed by atoms with Gasteiger partial charge in [-0.3, -0.25) is 14.5 Å². The first-order valence-electron chi connectivity index (χ1n) is 7.12. The molecule has 0 atom stereocenters. The molecule has 0 saturated carbocycles. The van der Waals surface area contributed by atoms with Crippen LogP contribution in [0, 0.1) is 13.8 Å². The van der Waals surface area contributed by atoms with Crippen molar-refractivity contribution in [3.63, 3.8) is 0 Å². The molecule has 0 fully saturated rings. The Morgan fingerprint density at radius 3 is 2.57 bits per heavy atom. The van der Waals surface area contributed by atoms with E-state index in [2.05, 4.69) is 10.1 Å². The minimum absolute atomic E-state index is 0.0753. The highest BCUT2D eigenvalue weighted by atomic mass is 16.5. The molecule has 1 rings (SSSR count). The van der Waals surface area contributed by atoms with Gasteiger partial charge in [0.2, 0.25) is 5.91 Å². The Hall–Kier alpha value is -1.88. The zero-order valence-corrected chi connectivity index (χ0v) is 13.2. The fraction of sp³-hybridized carbons (Fsp3) is 0.500. The summed E-state index contributed by atoms with van der Waals surface area (Å²) in [6.07, 6.45) is 0.293. The molecule has 0 aliphatic rings. The maximum absolute atomic E-state index is 12.1. The number of ether oxygens (including phenoxy) is 1. The predicted molar refractivity (Wildman–Crippen MR) is 83.3 cm³/mol. The molecular formula is C16H24N2O3. The molecule has 0 aromatic heterocycles.